The Balaban J connectivity index is 2.02. The minimum absolute atomic E-state index is 0.0554. The molecule has 20 heavy (non-hydrogen) atoms. The molecule has 3 unspecified atom stereocenters. The number of nitrogens with zero attached hydrogens (tertiary/aromatic N) is 1. The second-order valence-electron chi connectivity index (χ2n) is 5.96. The van der Waals surface area contributed by atoms with E-state index in [9.17, 15) is 23.1 Å². The fourth-order valence-electron chi connectivity index (χ4n) is 3.24. The van der Waals surface area contributed by atoms with Crippen molar-refractivity contribution in [2.24, 2.45) is 11.8 Å². The third-order valence-corrected chi connectivity index (χ3v) is 6.13. The molecule has 114 valence electrons. The van der Waals surface area contributed by atoms with Crippen LogP contribution >= 0.6 is 0 Å². The summed E-state index contributed by atoms with van der Waals surface area (Å²) in [7, 11) is -3.00. The number of carbonyl (C=O) groups excluding carboxylic acids is 1. The Labute approximate surface area is 119 Å². The molecule has 2 aliphatic rings. The number of rotatable bonds is 3. The molecule has 0 spiro atoms. The SMILES string of the molecule is CC1CCCN(C(=O)CC2CCS(=O)(=O)C2)C1C(=O)O. The van der Waals surface area contributed by atoms with Gasteiger partial charge in [0.2, 0.25) is 5.91 Å². The van der Waals surface area contributed by atoms with E-state index in [2.05, 4.69) is 0 Å². The summed E-state index contributed by atoms with van der Waals surface area (Å²) >= 11 is 0. The maximum atomic E-state index is 12.3. The zero-order chi connectivity index (χ0) is 14.9. The molecule has 1 amide bonds. The smallest absolute Gasteiger partial charge is 0.326 e. The first-order chi connectivity index (χ1) is 9.30. The van der Waals surface area contributed by atoms with Crippen LogP contribution in [0.3, 0.4) is 0 Å². The molecule has 0 radical (unpaired) electrons. The van der Waals surface area contributed by atoms with E-state index in [1.54, 1.807) is 0 Å². The first-order valence-corrected chi connectivity index (χ1v) is 8.85. The Bertz CT molecular complexity index is 501. The zero-order valence-corrected chi connectivity index (χ0v) is 12.4. The predicted octanol–water partition coefficient (Wildman–Crippen LogP) is 0.523. The number of hydrogen-bond acceptors (Lipinski definition) is 4. The molecule has 0 aliphatic carbocycles. The summed E-state index contributed by atoms with van der Waals surface area (Å²) < 4.78 is 22.8. The number of hydrogen-bond donors (Lipinski definition) is 1. The minimum Gasteiger partial charge on any atom is -0.480 e. The van der Waals surface area contributed by atoms with Gasteiger partial charge in [0.1, 0.15) is 6.04 Å². The van der Waals surface area contributed by atoms with Crippen LogP contribution in [0.15, 0.2) is 0 Å². The lowest BCUT2D eigenvalue weighted by atomic mass is 9.90. The lowest BCUT2D eigenvalue weighted by Crippen LogP contribution is -2.52. The molecule has 2 aliphatic heterocycles. The molecule has 0 bridgehead atoms. The highest BCUT2D eigenvalue weighted by Gasteiger charge is 2.38. The van der Waals surface area contributed by atoms with Crippen LogP contribution in [0.2, 0.25) is 0 Å². The van der Waals surface area contributed by atoms with Crippen LogP contribution in [0.5, 0.6) is 0 Å². The molecule has 0 saturated carbocycles. The predicted molar refractivity (Wildman–Crippen MR) is 72.9 cm³/mol. The van der Waals surface area contributed by atoms with E-state index >= 15 is 0 Å². The van der Waals surface area contributed by atoms with Gasteiger partial charge >= 0.3 is 5.97 Å². The zero-order valence-electron chi connectivity index (χ0n) is 11.6. The molecule has 0 aromatic heterocycles. The molecule has 7 heteroatoms. The number of aliphatic carboxylic acids is 1. The van der Waals surface area contributed by atoms with Crippen LogP contribution in [-0.4, -0.2) is 54.4 Å². The standard InChI is InChI=1S/C13H21NO5S/c1-9-3-2-5-14(12(9)13(16)17)11(15)7-10-4-6-20(18,19)8-10/h9-10,12H,2-8H2,1H3,(H,16,17). The second kappa shape index (κ2) is 5.71. The van der Waals surface area contributed by atoms with Gasteiger partial charge in [-0.05, 0) is 31.1 Å². The molecular formula is C13H21NO5S. The molecule has 2 heterocycles. The van der Waals surface area contributed by atoms with E-state index in [0.717, 1.165) is 12.8 Å². The monoisotopic (exact) mass is 303 g/mol. The van der Waals surface area contributed by atoms with Crippen molar-refractivity contribution in [2.45, 2.75) is 38.6 Å². The average Bonchev–Trinajstić information content (AvgIpc) is 2.67. The van der Waals surface area contributed by atoms with Crippen molar-refractivity contribution in [3.63, 3.8) is 0 Å². The van der Waals surface area contributed by atoms with Crippen molar-refractivity contribution in [3.05, 3.63) is 0 Å². The van der Waals surface area contributed by atoms with Gasteiger partial charge < -0.3 is 10.0 Å². The lowest BCUT2D eigenvalue weighted by Gasteiger charge is -2.37. The molecule has 0 aromatic carbocycles. The normalized spacial score (nSPS) is 33.0. The van der Waals surface area contributed by atoms with Crippen LogP contribution in [0.4, 0.5) is 0 Å². The largest absolute Gasteiger partial charge is 0.480 e. The van der Waals surface area contributed by atoms with Crippen molar-refractivity contribution in [1.82, 2.24) is 4.90 Å². The number of carboxylic acids is 1. The molecule has 0 aromatic rings. The molecule has 2 rings (SSSR count). The number of amides is 1. The highest BCUT2D eigenvalue weighted by molar-refractivity contribution is 7.91. The van der Waals surface area contributed by atoms with Crippen LogP contribution in [0.25, 0.3) is 0 Å². The van der Waals surface area contributed by atoms with Crippen LogP contribution in [0.1, 0.15) is 32.6 Å². The van der Waals surface area contributed by atoms with Crippen LogP contribution in [0, 0.1) is 11.8 Å². The molecular weight excluding hydrogens is 282 g/mol. The van der Waals surface area contributed by atoms with E-state index in [-0.39, 0.29) is 35.7 Å². The van der Waals surface area contributed by atoms with Crippen molar-refractivity contribution < 1.29 is 23.1 Å². The van der Waals surface area contributed by atoms with E-state index in [4.69, 9.17) is 0 Å². The molecule has 2 saturated heterocycles. The van der Waals surface area contributed by atoms with E-state index in [1.165, 1.54) is 4.90 Å². The lowest BCUT2D eigenvalue weighted by molar-refractivity contribution is -0.155. The first kappa shape index (κ1) is 15.3. The number of piperidine rings is 1. The molecule has 6 nitrogen and oxygen atoms in total. The summed E-state index contributed by atoms with van der Waals surface area (Å²) in [6, 6.07) is -0.769. The third kappa shape index (κ3) is 3.31. The first-order valence-electron chi connectivity index (χ1n) is 7.03. The number of likely N-dealkylation sites (tertiary alicyclic amines) is 1. The van der Waals surface area contributed by atoms with E-state index in [1.807, 2.05) is 6.92 Å². The quantitative estimate of drug-likeness (QED) is 0.821. The van der Waals surface area contributed by atoms with Gasteiger partial charge in [-0.3, -0.25) is 4.79 Å². The van der Waals surface area contributed by atoms with Crippen molar-refractivity contribution in [2.75, 3.05) is 18.1 Å². The van der Waals surface area contributed by atoms with E-state index in [0.29, 0.717) is 13.0 Å². The fourth-order valence-corrected chi connectivity index (χ4v) is 5.10. The summed E-state index contributed by atoms with van der Waals surface area (Å²) in [5.74, 6) is -1.20. The van der Waals surface area contributed by atoms with Gasteiger partial charge in [0, 0.05) is 13.0 Å². The van der Waals surface area contributed by atoms with Crippen LogP contribution < -0.4 is 0 Å². The van der Waals surface area contributed by atoms with Crippen molar-refractivity contribution in [1.29, 1.82) is 0 Å². The maximum absolute atomic E-state index is 12.3. The second-order valence-corrected chi connectivity index (χ2v) is 8.19. The number of sulfone groups is 1. The Morgan fingerprint density at radius 3 is 2.55 bits per heavy atom. The topological polar surface area (TPSA) is 91.8 Å². The van der Waals surface area contributed by atoms with E-state index < -0.39 is 21.8 Å². The van der Waals surface area contributed by atoms with Gasteiger partial charge in [0.05, 0.1) is 11.5 Å². The third-order valence-electron chi connectivity index (χ3n) is 4.30. The average molecular weight is 303 g/mol. The molecule has 3 atom stereocenters. The summed E-state index contributed by atoms with van der Waals surface area (Å²) in [6.07, 6.45) is 2.27. The Kier molecular flexibility index (Phi) is 4.36. The summed E-state index contributed by atoms with van der Waals surface area (Å²) in [5, 5.41) is 9.28. The van der Waals surface area contributed by atoms with Gasteiger partial charge in [0.25, 0.3) is 0 Å². The number of carbonyl (C=O) groups is 2. The van der Waals surface area contributed by atoms with Crippen molar-refractivity contribution in [3.8, 4) is 0 Å². The van der Waals surface area contributed by atoms with Gasteiger partial charge in [-0.1, -0.05) is 6.92 Å². The highest BCUT2D eigenvalue weighted by atomic mass is 32.2. The summed E-state index contributed by atoms with van der Waals surface area (Å²) in [6.45, 7) is 2.30. The van der Waals surface area contributed by atoms with Crippen LogP contribution in [-0.2, 0) is 19.4 Å². The Morgan fingerprint density at radius 2 is 2.00 bits per heavy atom. The minimum atomic E-state index is -3.00. The fraction of sp³-hybridized carbons (Fsp3) is 0.846. The number of carboxylic acid groups (broad SMARTS) is 1. The molecule has 1 N–H and O–H groups in total. The maximum Gasteiger partial charge on any atom is 0.326 e. The Morgan fingerprint density at radius 1 is 1.30 bits per heavy atom. The van der Waals surface area contributed by atoms with Gasteiger partial charge in [-0.25, -0.2) is 13.2 Å². The van der Waals surface area contributed by atoms with Gasteiger partial charge in [-0.2, -0.15) is 0 Å². The van der Waals surface area contributed by atoms with Gasteiger partial charge in [0.15, 0.2) is 9.84 Å². The van der Waals surface area contributed by atoms with Gasteiger partial charge in [-0.15, -0.1) is 0 Å². The van der Waals surface area contributed by atoms with Crippen molar-refractivity contribution >= 4 is 21.7 Å². The molecule has 2 fully saturated rings. The Hall–Kier alpha value is -1.11. The summed E-state index contributed by atoms with van der Waals surface area (Å²) in [5.41, 5.74) is 0. The summed E-state index contributed by atoms with van der Waals surface area (Å²) in [4.78, 5) is 25.1. The highest BCUT2D eigenvalue weighted by Crippen LogP contribution is 2.27.